The molecule has 0 radical (unpaired) electrons. The molecule has 0 heterocycles. The molecule has 0 amide bonds. The maximum atomic E-state index is 8.93. The Hall–Kier alpha value is -1.27. The smallest absolute Gasteiger partial charge is 0.115 e. The fourth-order valence-electron chi connectivity index (χ4n) is 2.28. The van der Waals surface area contributed by atoms with Gasteiger partial charge in [-0.3, -0.25) is 0 Å². The molecule has 0 spiro atoms. The first-order valence-electron chi connectivity index (χ1n) is 4.66. The monoisotopic (exact) mass is 191 g/mol. The van der Waals surface area contributed by atoms with Gasteiger partial charge in [0.2, 0.25) is 0 Å². The Morgan fingerprint density at radius 2 is 2.36 bits per heavy atom. The topological polar surface area (TPSA) is 42.2 Å². The van der Waals surface area contributed by atoms with E-state index in [1.807, 2.05) is 18.2 Å². The van der Waals surface area contributed by atoms with Crippen LogP contribution in [0.3, 0.4) is 0 Å². The van der Waals surface area contributed by atoms with Crippen LogP contribution in [0.15, 0.2) is 24.0 Å². The van der Waals surface area contributed by atoms with E-state index in [4.69, 9.17) is 14.7 Å². The molecule has 3 atom stereocenters. The second kappa shape index (κ2) is 3.14. The summed E-state index contributed by atoms with van der Waals surface area (Å²) in [4.78, 5) is 0. The molecular formula is C11H13NO2. The minimum Gasteiger partial charge on any atom is -0.497 e. The van der Waals surface area contributed by atoms with Crippen LogP contribution in [0.25, 0.3) is 0 Å². The number of allylic oxidation sites excluding steroid dienone is 1. The summed E-state index contributed by atoms with van der Waals surface area (Å²) in [6.07, 6.45) is 6.73. The zero-order valence-electron chi connectivity index (χ0n) is 8.36. The van der Waals surface area contributed by atoms with E-state index in [1.54, 1.807) is 14.2 Å². The molecule has 0 aromatic heterocycles. The first-order valence-corrected chi connectivity index (χ1v) is 4.66. The highest BCUT2D eigenvalue weighted by molar-refractivity contribution is 5.35. The lowest BCUT2D eigenvalue weighted by molar-refractivity contribution is -0.101. The minimum atomic E-state index is -0.392. The number of hydrogen-bond donors (Lipinski definition) is 0. The van der Waals surface area contributed by atoms with E-state index >= 15 is 0 Å². The van der Waals surface area contributed by atoms with E-state index in [0.717, 1.165) is 12.2 Å². The molecule has 0 saturated heterocycles. The first kappa shape index (κ1) is 9.29. The number of ether oxygens (including phenoxy) is 2. The molecule has 14 heavy (non-hydrogen) atoms. The van der Waals surface area contributed by atoms with Crippen LogP contribution in [-0.4, -0.2) is 19.8 Å². The summed E-state index contributed by atoms with van der Waals surface area (Å²) in [5.41, 5.74) is -0.392. The van der Waals surface area contributed by atoms with Crippen LogP contribution < -0.4 is 0 Å². The van der Waals surface area contributed by atoms with E-state index in [0.29, 0.717) is 0 Å². The average molecular weight is 191 g/mol. The van der Waals surface area contributed by atoms with Gasteiger partial charge in [0.05, 0.1) is 19.1 Å². The zero-order valence-corrected chi connectivity index (χ0v) is 8.36. The average Bonchev–Trinajstić information content (AvgIpc) is 2.20. The summed E-state index contributed by atoms with van der Waals surface area (Å²) in [6, 6.07) is 2.28. The summed E-state index contributed by atoms with van der Waals surface area (Å²) in [5, 5.41) is 8.93. The third-order valence-electron chi connectivity index (χ3n) is 3.23. The molecular weight excluding hydrogens is 178 g/mol. The van der Waals surface area contributed by atoms with Crippen LogP contribution in [0.4, 0.5) is 0 Å². The van der Waals surface area contributed by atoms with Crippen LogP contribution in [-0.2, 0) is 9.47 Å². The number of hydrogen-bond acceptors (Lipinski definition) is 3. The third-order valence-corrected chi connectivity index (χ3v) is 3.23. The van der Waals surface area contributed by atoms with E-state index in [1.165, 1.54) is 0 Å². The molecule has 0 aliphatic heterocycles. The highest BCUT2D eigenvalue weighted by Gasteiger charge is 2.54. The van der Waals surface area contributed by atoms with Gasteiger partial charge in [-0.25, -0.2) is 0 Å². The van der Waals surface area contributed by atoms with Crippen molar-refractivity contribution in [2.45, 2.75) is 12.0 Å². The number of fused-ring (bicyclic) bond motifs is 1. The molecule has 0 N–H and O–H groups in total. The Bertz CT molecular complexity index is 340. The summed E-state index contributed by atoms with van der Waals surface area (Å²) < 4.78 is 10.6. The molecule has 2 aliphatic rings. The van der Waals surface area contributed by atoms with Crippen molar-refractivity contribution in [1.82, 2.24) is 0 Å². The van der Waals surface area contributed by atoms with Gasteiger partial charge in [0, 0.05) is 13.0 Å². The largest absolute Gasteiger partial charge is 0.497 e. The predicted octanol–water partition coefficient (Wildman–Crippen LogP) is 1.63. The Morgan fingerprint density at radius 1 is 1.57 bits per heavy atom. The van der Waals surface area contributed by atoms with Crippen molar-refractivity contribution in [3.05, 3.63) is 24.0 Å². The van der Waals surface area contributed by atoms with Gasteiger partial charge >= 0.3 is 0 Å². The molecule has 2 rings (SSSR count). The molecule has 3 nitrogen and oxygen atoms in total. The summed E-state index contributed by atoms with van der Waals surface area (Å²) in [6.45, 7) is 0. The van der Waals surface area contributed by atoms with Crippen LogP contribution in [0, 0.1) is 23.2 Å². The standard InChI is InChI=1S/C11H13NO2/c1-13-10-3-4-11(14-2)8(6-10)5-9(11)7-12/h3-4,6,8-9H,5H2,1-2H3/t8-,9+,11-/m0/s1. The Balaban J connectivity index is 2.25. The number of rotatable bonds is 2. The lowest BCUT2D eigenvalue weighted by Crippen LogP contribution is -2.55. The predicted molar refractivity (Wildman–Crippen MR) is 51.2 cm³/mol. The Kier molecular flexibility index (Phi) is 2.09. The first-order chi connectivity index (χ1) is 6.76. The molecule has 0 unspecified atom stereocenters. The van der Waals surface area contributed by atoms with E-state index in [2.05, 4.69) is 6.07 Å². The van der Waals surface area contributed by atoms with Crippen molar-refractivity contribution < 1.29 is 9.47 Å². The second-order valence-corrected chi connectivity index (χ2v) is 3.69. The fourth-order valence-corrected chi connectivity index (χ4v) is 2.28. The van der Waals surface area contributed by atoms with Gasteiger partial charge < -0.3 is 9.47 Å². The molecule has 0 bridgehead atoms. The van der Waals surface area contributed by atoms with Crippen molar-refractivity contribution in [2.75, 3.05) is 14.2 Å². The maximum absolute atomic E-state index is 8.93. The maximum Gasteiger partial charge on any atom is 0.115 e. The van der Waals surface area contributed by atoms with Gasteiger partial charge in [0.25, 0.3) is 0 Å². The number of nitrogens with zero attached hydrogens (tertiary/aromatic N) is 1. The molecule has 0 aromatic carbocycles. The van der Waals surface area contributed by atoms with Crippen molar-refractivity contribution in [3.63, 3.8) is 0 Å². The molecule has 1 fully saturated rings. The van der Waals surface area contributed by atoms with Crippen molar-refractivity contribution in [3.8, 4) is 6.07 Å². The van der Waals surface area contributed by atoms with Crippen LogP contribution >= 0.6 is 0 Å². The highest BCUT2D eigenvalue weighted by Crippen LogP contribution is 2.50. The van der Waals surface area contributed by atoms with Gasteiger partial charge in [0.1, 0.15) is 11.4 Å². The molecule has 1 saturated carbocycles. The molecule has 3 heteroatoms. The lowest BCUT2D eigenvalue weighted by atomic mass is 9.59. The molecule has 74 valence electrons. The normalized spacial score (nSPS) is 39.1. The molecule has 2 aliphatic carbocycles. The van der Waals surface area contributed by atoms with Gasteiger partial charge in [0.15, 0.2) is 0 Å². The van der Waals surface area contributed by atoms with Gasteiger partial charge in [-0.1, -0.05) is 0 Å². The van der Waals surface area contributed by atoms with Crippen LogP contribution in [0.1, 0.15) is 6.42 Å². The van der Waals surface area contributed by atoms with Gasteiger partial charge in [-0.2, -0.15) is 5.26 Å². The van der Waals surface area contributed by atoms with Crippen molar-refractivity contribution >= 4 is 0 Å². The SMILES string of the molecule is COC1=C[C@@H]2C[C@H](C#N)[C@]2(OC)C=C1. The number of methoxy groups -OCH3 is 2. The third kappa shape index (κ3) is 1.01. The lowest BCUT2D eigenvalue weighted by Gasteiger charge is -2.50. The minimum absolute atomic E-state index is 0.0246. The van der Waals surface area contributed by atoms with E-state index in [-0.39, 0.29) is 11.8 Å². The van der Waals surface area contributed by atoms with Crippen molar-refractivity contribution in [1.29, 1.82) is 5.26 Å². The van der Waals surface area contributed by atoms with E-state index in [9.17, 15) is 0 Å². The summed E-state index contributed by atoms with van der Waals surface area (Å²) >= 11 is 0. The Morgan fingerprint density at radius 3 is 2.86 bits per heavy atom. The summed E-state index contributed by atoms with van der Waals surface area (Å²) in [5.74, 6) is 1.12. The van der Waals surface area contributed by atoms with E-state index < -0.39 is 5.60 Å². The zero-order chi connectivity index (χ0) is 10.2. The number of nitriles is 1. The Labute approximate surface area is 83.6 Å². The quantitative estimate of drug-likeness (QED) is 0.666. The van der Waals surface area contributed by atoms with Gasteiger partial charge in [-0.05, 0) is 24.6 Å². The molecule has 0 aromatic rings. The second-order valence-electron chi connectivity index (χ2n) is 3.69. The van der Waals surface area contributed by atoms with Crippen molar-refractivity contribution in [2.24, 2.45) is 11.8 Å². The summed E-state index contributed by atoms with van der Waals surface area (Å²) in [7, 11) is 3.31. The van der Waals surface area contributed by atoms with Gasteiger partial charge in [-0.15, -0.1) is 0 Å². The van der Waals surface area contributed by atoms with Crippen LogP contribution in [0.5, 0.6) is 0 Å². The highest BCUT2D eigenvalue weighted by atomic mass is 16.5. The van der Waals surface area contributed by atoms with Crippen LogP contribution in [0.2, 0.25) is 0 Å². The fraction of sp³-hybridized carbons (Fsp3) is 0.545.